The predicted octanol–water partition coefficient (Wildman–Crippen LogP) is 3.42. The number of aryl methyl sites for hydroxylation is 3. The average molecular weight is 311 g/mol. The van der Waals surface area contributed by atoms with Crippen LogP contribution in [-0.4, -0.2) is 22.4 Å². The maximum Gasteiger partial charge on any atom is 0.223 e. The summed E-state index contributed by atoms with van der Waals surface area (Å²) in [5.74, 6) is 1.61. The molecule has 1 aromatic heterocycles. The molecule has 4 heteroatoms. The van der Waals surface area contributed by atoms with Crippen LogP contribution in [0, 0.1) is 25.2 Å². The number of amides is 1. The van der Waals surface area contributed by atoms with Crippen molar-refractivity contribution in [3.63, 3.8) is 0 Å². The van der Waals surface area contributed by atoms with Crippen LogP contribution in [0.1, 0.15) is 49.1 Å². The highest BCUT2D eigenvalue weighted by Crippen LogP contribution is 2.65. The van der Waals surface area contributed by atoms with E-state index < -0.39 is 0 Å². The van der Waals surface area contributed by atoms with E-state index in [-0.39, 0.29) is 5.91 Å². The highest BCUT2D eigenvalue weighted by Gasteiger charge is 2.60. The lowest BCUT2D eigenvalue weighted by Crippen LogP contribution is -2.30. The zero-order chi connectivity index (χ0) is 16.0. The maximum atomic E-state index is 12.1. The number of hydrogen-bond donors (Lipinski definition) is 2. The molecule has 2 saturated carbocycles. The van der Waals surface area contributed by atoms with E-state index in [0.717, 1.165) is 42.7 Å². The fourth-order valence-corrected chi connectivity index (χ4v) is 3.98. The molecule has 23 heavy (non-hydrogen) atoms. The number of nitrogens with one attached hydrogen (secondary N) is 2. The summed E-state index contributed by atoms with van der Waals surface area (Å²) in [6, 6.07) is 4.23. The van der Waals surface area contributed by atoms with Crippen LogP contribution in [0.25, 0.3) is 11.0 Å². The Morgan fingerprint density at radius 1 is 1.39 bits per heavy atom. The van der Waals surface area contributed by atoms with E-state index in [1.54, 1.807) is 0 Å². The van der Waals surface area contributed by atoms with Gasteiger partial charge in [-0.05, 0) is 62.1 Å². The second kappa shape index (κ2) is 5.36. The van der Waals surface area contributed by atoms with Crippen LogP contribution in [-0.2, 0) is 11.2 Å². The smallest absolute Gasteiger partial charge is 0.223 e. The van der Waals surface area contributed by atoms with Gasteiger partial charge in [0.15, 0.2) is 0 Å². The number of benzene rings is 1. The van der Waals surface area contributed by atoms with Crippen LogP contribution >= 0.6 is 0 Å². The standard InChI is InChI=1S/C19H25N3O/c1-12-6-7-15-17(13(12)2)22-16(21-15)5-3-10-20-18(23)14-11-19(14)8-4-9-19/h6-7,14H,3-5,8-11H2,1-2H3,(H,20,23)(H,21,22)/t14-/m0/s1. The van der Waals surface area contributed by atoms with Crippen molar-refractivity contribution in [2.75, 3.05) is 6.54 Å². The Balaban J connectivity index is 1.28. The van der Waals surface area contributed by atoms with Gasteiger partial charge in [0.1, 0.15) is 5.82 Å². The summed E-state index contributed by atoms with van der Waals surface area (Å²) in [5, 5.41) is 3.11. The first-order chi connectivity index (χ1) is 11.1. The highest BCUT2D eigenvalue weighted by molar-refractivity contribution is 5.82. The van der Waals surface area contributed by atoms with E-state index in [1.165, 1.54) is 30.4 Å². The van der Waals surface area contributed by atoms with E-state index in [1.807, 2.05) is 0 Å². The van der Waals surface area contributed by atoms with E-state index in [4.69, 9.17) is 4.98 Å². The Morgan fingerprint density at radius 3 is 2.91 bits per heavy atom. The molecule has 1 amide bonds. The molecular weight excluding hydrogens is 286 g/mol. The summed E-state index contributed by atoms with van der Waals surface area (Å²) in [6.07, 6.45) is 6.79. The zero-order valence-corrected chi connectivity index (χ0v) is 14.0. The van der Waals surface area contributed by atoms with Crippen molar-refractivity contribution in [3.8, 4) is 0 Å². The molecule has 0 unspecified atom stereocenters. The average Bonchev–Trinajstić information content (AvgIpc) is 3.15. The van der Waals surface area contributed by atoms with Gasteiger partial charge in [0.05, 0.1) is 11.0 Å². The lowest BCUT2D eigenvalue weighted by Gasteiger charge is -2.26. The summed E-state index contributed by atoms with van der Waals surface area (Å²) in [4.78, 5) is 20.2. The number of imidazole rings is 1. The van der Waals surface area contributed by atoms with Crippen LogP contribution in [0.4, 0.5) is 0 Å². The minimum atomic E-state index is 0.278. The first-order valence-electron chi connectivity index (χ1n) is 8.82. The number of rotatable bonds is 5. The van der Waals surface area contributed by atoms with Crippen molar-refractivity contribution in [3.05, 3.63) is 29.1 Å². The number of H-pyrrole nitrogens is 1. The first-order valence-corrected chi connectivity index (χ1v) is 8.82. The third kappa shape index (κ3) is 2.54. The number of carbonyl (C=O) groups is 1. The van der Waals surface area contributed by atoms with Crippen LogP contribution < -0.4 is 5.32 Å². The van der Waals surface area contributed by atoms with Crippen molar-refractivity contribution < 1.29 is 4.79 Å². The number of nitrogens with zero attached hydrogens (tertiary/aromatic N) is 1. The summed E-state index contributed by atoms with van der Waals surface area (Å²) in [6.45, 7) is 4.99. The lowest BCUT2D eigenvalue weighted by atomic mass is 9.80. The van der Waals surface area contributed by atoms with Gasteiger partial charge in [-0.1, -0.05) is 12.5 Å². The molecule has 1 atom stereocenters. The quantitative estimate of drug-likeness (QED) is 0.831. The second-order valence-corrected chi connectivity index (χ2v) is 7.45. The van der Waals surface area contributed by atoms with Gasteiger partial charge in [-0.25, -0.2) is 4.98 Å². The Morgan fingerprint density at radius 2 is 2.22 bits per heavy atom. The highest BCUT2D eigenvalue weighted by atomic mass is 16.2. The van der Waals surface area contributed by atoms with Gasteiger partial charge in [0.2, 0.25) is 5.91 Å². The molecule has 4 nitrogen and oxygen atoms in total. The maximum absolute atomic E-state index is 12.1. The molecular formula is C19H25N3O. The number of carbonyl (C=O) groups excluding carboxylic acids is 1. The van der Waals surface area contributed by atoms with E-state index in [0.29, 0.717) is 11.3 Å². The molecule has 1 spiro atoms. The van der Waals surface area contributed by atoms with E-state index in [2.05, 4.69) is 36.3 Å². The largest absolute Gasteiger partial charge is 0.356 e. The van der Waals surface area contributed by atoms with Crippen LogP contribution in [0.3, 0.4) is 0 Å². The molecule has 2 fully saturated rings. The molecule has 1 heterocycles. The minimum Gasteiger partial charge on any atom is -0.356 e. The fourth-order valence-electron chi connectivity index (χ4n) is 3.98. The molecule has 1 aromatic carbocycles. The van der Waals surface area contributed by atoms with Crippen molar-refractivity contribution in [2.24, 2.45) is 11.3 Å². The van der Waals surface area contributed by atoms with Crippen molar-refractivity contribution in [1.82, 2.24) is 15.3 Å². The van der Waals surface area contributed by atoms with Gasteiger partial charge >= 0.3 is 0 Å². The van der Waals surface area contributed by atoms with E-state index >= 15 is 0 Å². The summed E-state index contributed by atoms with van der Waals surface area (Å²) in [7, 11) is 0. The van der Waals surface area contributed by atoms with Crippen molar-refractivity contribution >= 4 is 16.9 Å². The Bertz CT molecular complexity index is 757. The lowest BCUT2D eigenvalue weighted by molar-refractivity contribution is -0.123. The summed E-state index contributed by atoms with van der Waals surface area (Å²) < 4.78 is 0. The second-order valence-electron chi connectivity index (χ2n) is 7.45. The Hall–Kier alpha value is -1.84. The molecule has 122 valence electrons. The predicted molar refractivity (Wildman–Crippen MR) is 91.3 cm³/mol. The third-order valence-electron chi connectivity index (χ3n) is 5.97. The van der Waals surface area contributed by atoms with Gasteiger partial charge in [0, 0.05) is 18.9 Å². The molecule has 2 N–H and O–H groups in total. The molecule has 0 radical (unpaired) electrons. The monoisotopic (exact) mass is 311 g/mol. The summed E-state index contributed by atoms with van der Waals surface area (Å²) in [5.41, 5.74) is 5.14. The number of fused-ring (bicyclic) bond motifs is 1. The molecule has 2 aliphatic carbocycles. The first kappa shape index (κ1) is 14.7. The number of aromatic amines is 1. The van der Waals surface area contributed by atoms with Crippen molar-refractivity contribution in [2.45, 2.75) is 52.4 Å². The van der Waals surface area contributed by atoms with Gasteiger partial charge in [-0.15, -0.1) is 0 Å². The van der Waals surface area contributed by atoms with E-state index in [9.17, 15) is 4.79 Å². The normalized spacial score (nSPS) is 21.4. The Labute approximate surface area is 137 Å². The third-order valence-corrected chi connectivity index (χ3v) is 5.97. The molecule has 0 saturated heterocycles. The van der Waals surface area contributed by atoms with Crippen molar-refractivity contribution in [1.29, 1.82) is 0 Å². The molecule has 2 aliphatic rings. The SMILES string of the molecule is Cc1ccc2[nH]c(CCCNC(=O)[C@@H]3CC34CCC4)nc2c1C. The molecule has 4 rings (SSSR count). The molecule has 0 aliphatic heterocycles. The molecule has 0 bridgehead atoms. The fraction of sp³-hybridized carbons (Fsp3) is 0.579. The van der Waals surface area contributed by atoms with Crippen LogP contribution in [0.5, 0.6) is 0 Å². The number of aromatic nitrogens is 2. The van der Waals surface area contributed by atoms with Crippen LogP contribution in [0.2, 0.25) is 0 Å². The van der Waals surface area contributed by atoms with Gasteiger partial charge in [-0.2, -0.15) is 0 Å². The minimum absolute atomic E-state index is 0.278. The van der Waals surface area contributed by atoms with Crippen LogP contribution in [0.15, 0.2) is 12.1 Å². The topological polar surface area (TPSA) is 57.8 Å². The van der Waals surface area contributed by atoms with Gasteiger partial charge in [-0.3, -0.25) is 4.79 Å². The summed E-state index contributed by atoms with van der Waals surface area (Å²) >= 11 is 0. The number of hydrogen-bond acceptors (Lipinski definition) is 2. The van der Waals surface area contributed by atoms with Gasteiger partial charge in [0.25, 0.3) is 0 Å². The zero-order valence-electron chi connectivity index (χ0n) is 14.0. The van der Waals surface area contributed by atoms with Gasteiger partial charge < -0.3 is 10.3 Å². The Kier molecular flexibility index (Phi) is 3.43. The molecule has 2 aromatic rings.